The minimum absolute atomic E-state index is 0.0664. The third-order valence-electron chi connectivity index (χ3n) is 6.56. The molecule has 0 aliphatic heterocycles. The van der Waals surface area contributed by atoms with Gasteiger partial charge in [-0.15, -0.1) is 0 Å². The van der Waals surface area contributed by atoms with Crippen LogP contribution in [0.5, 0.6) is 0 Å². The van der Waals surface area contributed by atoms with E-state index in [9.17, 15) is 18.4 Å². The quantitative estimate of drug-likeness (QED) is 0.781. The lowest BCUT2D eigenvalue weighted by Gasteiger charge is -2.32. The molecular formula is C20H25F3N6. The summed E-state index contributed by atoms with van der Waals surface area (Å²) in [7, 11) is 0. The van der Waals surface area contributed by atoms with Gasteiger partial charge in [0.2, 0.25) is 5.82 Å². The molecule has 0 aromatic carbocycles. The minimum atomic E-state index is -4.09. The fraction of sp³-hybridized carbons (Fsp3) is 0.700. The number of nitrogens with one attached hydrogen (secondary N) is 1. The molecule has 9 heteroatoms. The summed E-state index contributed by atoms with van der Waals surface area (Å²) < 4.78 is 40.7. The maximum absolute atomic E-state index is 12.9. The standard InChI is InChI=1S/C20H25F3N6/c1-12(14-3-2-4-14)26-19-17-18(27-16(9-24)28-19)25-11-29(17)10-13-5-7-15(8-6-13)20(21,22)23/h11-15H,2-8,10H2,1H3,(H,26,27,28)/t12-,13?,15?/m1/s1. The van der Waals surface area contributed by atoms with E-state index in [0.29, 0.717) is 36.8 Å². The lowest BCUT2D eigenvalue weighted by molar-refractivity contribution is -0.184. The molecule has 2 saturated carbocycles. The first-order valence-electron chi connectivity index (χ1n) is 10.3. The SMILES string of the molecule is C[C@@H](Nc1nc(C#N)nc2ncn(CC3CCC(C(F)(F)F)CC3)c12)C1CCC1. The van der Waals surface area contributed by atoms with Crippen molar-refractivity contribution in [1.29, 1.82) is 5.26 Å². The molecule has 0 unspecified atom stereocenters. The number of hydrogen-bond acceptors (Lipinski definition) is 5. The van der Waals surface area contributed by atoms with Crippen molar-refractivity contribution in [2.75, 3.05) is 5.32 Å². The Morgan fingerprint density at radius 1 is 1.21 bits per heavy atom. The Balaban J connectivity index is 1.55. The van der Waals surface area contributed by atoms with Crippen LogP contribution in [-0.4, -0.2) is 31.7 Å². The monoisotopic (exact) mass is 406 g/mol. The Bertz CT molecular complexity index is 903. The number of alkyl halides is 3. The largest absolute Gasteiger partial charge is 0.391 e. The highest BCUT2D eigenvalue weighted by Gasteiger charge is 2.41. The van der Waals surface area contributed by atoms with Crippen LogP contribution in [0.3, 0.4) is 0 Å². The highest BCUT2D eigenvalue weighted by atomic mass is 19.4. The number of anilines is 1. The summed E-state index contributed by atoms with van der Waals surface area (Å²) in [6.07, 6.45) is 2.60. The molecule has 2 aliphatic carbocycles. The van der Waals surface area contributed by atoms with Gasteiger partial charge in [-0.3, -0.25) is 0 Å². The summed E-state index contributed by atoms with van der Waals surface area (Å²) >= 11 is 0. The van der Waals surface area contributed by atoms with Gasteiger partial charge in [0.25, 0.3) is 0 Å². The van der Waals surface area contributed by atoms with Gasteiger partial charge < -0.3 is 9.88 Å². The van der Waals surface area contributed by atoms with Crippen LogP contribution in [0.15, 0.2) is 6.33 Å². The molecule has 1 atom stereocenters. The highest BCUT2D eigenvalue weighted by molar-refractivity contribution is 5.83. The number of nitriles is 1. The number of rotatable bonds is 5. The summed E-state index contributed by atoms with van der Waals surface area (Å²) in [6.45, 7) is 2.70. The van der Waals surface area contributed by atoms with Crippen LogP contribution >= 0.6 is 0 Å². The molecule has 1 N–H and O–H groups in total. The van der Waals surface area contributed by atoms with Gasteiger partial charge in [0.1, 0.15) is 11.6 Å². The predicted octanol–water partition coefficient (Wildman–Crippen LogP) is 4.67. The van der Waals surface area contributed by atoms with Gasteiger partial charge in [-0.25, -0.2) is 4.98 Å². The molecule has 2 heterocycles. The van der Waals surface area contributed by atoms with E-state index in [1.165, 1.54) is 19.3 Å². The van der Waals surface area contributed by atoms with Crippen molar-refractivity contribution < 1.29 is 13.2 Å². The second-order valence-corrected chi connectivity index (χ2v) is 8.46. The molecular weight excluding hydrogens is 381 g/mol. The Hall–Kier alpha value is -2.37. The number of aromatic nitrogens is 4. The average Bonchev–Trinajstić information content (AvgIpc) is 3.02. The molecule has 2 fully saturated rings. The summed E-state index contributed by atoms with van der Waals surface area (Å²) in [5, 5.41) is 12.7. The smallest absolute Gasteiger partial charge is 0.365 e. The highest BCUT2D eigenvalue weighted by Crippen LogP contribution is 2.40. The molecule has 2 aliphatic rings. The fourth-order valence-corrected chi connectivity index (χ4v) is 4.49. The van der Waals surface area contributed by atoms with Crippen molar-refractivity contribution in [3.63, 3.8) is 0 Å². The molecule has 0 radical (unpaired) electrons. The third kappa shape index (κ3) is 4.16. The lowest BCUT2D eigenvalue weighted by atomic mass is 9.80. The summed E-state index contributed by atoms with van der Waals surface area (Å²) in [4.78, 5) is 12.9. The number of halogens is 3. The number of nitrogens with zero attached hydrogens (tertiary/aromatic N) is 5. The van der Waals surface area contributed by atoms with E-state index in [2.05, 4.69) is 27.2 Å². The molecule has 29 heavy (non-hydrogen) atoms. The van der Waals surface area contributed by atoms with E-state index in [-0.39, 0.29) is 30.6 Å². The van der Waals surface area contributed by atoms with Crippen LogP contribution in [0.1, 0.15) is 57.7 Å². The molecule has 2 aromatic rings. The van der Waals surface area contributed by atoms with Crippen molar-refractivity contribution in [3.05, 3.63) is 12.2 Å². The van der Waals surface area contributed by atoms with Crippen molar-refractivity contribution in [2.45, 2.75) is 70.6 Å². The van der Waals surface area contributed by atoms with E-state index < -0.39 is 12.1 Å². The summed E-state index contributed by atoms with van der Waals surface area (Å²) in [5.74, 6) is 0.225. The average molecular weight is 406 g/mol. The first-order chi connectivity index (χ1) is 13.8. The normalized spacial score (nSPS) is 24.1. The van der Waals surface area contributed by atoms with Crippen LogP contribution in [0.2, 0.25) is 0 Å². The molecule has 156 valence electrons. The van der Waals surface area contributed by atoms with Gasteiger partial charge >= 0.3 is 6.18 Å². The molecule has 0 amide bonds. The van der Waals surface area contributed by atoms with E-state index in [1.807, 2.05) is 10.6 Å². The zero-order valence-electron chi connectivity index (χ0n) is 16.4. The van der Waals surface area contributed by atoms with Crippen LogP contribution in [0, 0.1) is 29.1 Å². The van der Waals surface area contributed by atoms with E-state index in [1.54, 1.807) is 6.33 Å². The first-order valence-corrected chi connectivity index (χ1v) is 10.3. The van der Waals surface area contributed by atoms with E-state index in [0.717, 1.165) is 5.52 Å². The van der Waals surface area contributed by atoms with Crippen molar-refractivity contribution in [2.24, 2.45) is 17.8 Å². The Labute approximate surface area is 167 Å². The topological polar surface area (TPSA) is 79.4 Å². The second-order valence-electron chi connectivity index (χ2n) is 8.46. The van der Waals surface area contributed by atoms with Crippen LogP contribution < -0.4 is 5.32 Å². The van der Waals surface area contributed by atoms with Crippen molar-refractivity contribution in [3.8, 4) is 6.07 Å². The number of imidazole rings is 1. The summed E-state index contributed by atoms with van der Waals surface area (Å²) in [5.41, 5.74) is 1.18. The van der Waals surface area contributed by atoms with Crippen LogP contribution in [0.25, 0.3) is 11.2 Å². The minimum Gasteiger partial charge on any atom is -0.365 e. The van der Waals surface area contributed by atoms with E-state index in [4.69, 9.17) is 0 Å². The predicted molar refractivity (Wildman–Crippen MR) is 102 cm³/mol. The summed E-state index contributed by atoms with van der Waals surface area (Å²) in [6, 6.07) is 2.20. The van der Waals surface area contributed by atoms with Crippen LogP contribution in [0.4, 0.5) is 19.0 Å². The molecule has 0 saturated heterocycles. The lowest BCUT2D eigenvalue weighted by Crippen LogP contribution is -2.31. The van der Waals surface area contributed by atoms with Gasteiger partial charge in [-0.2, -0.15) is 28.4 Å². The van der Waals surface area contributed by atoms with Crippen molar-refractivity contribution in [1.82, 2.24) is 19.5 Å². The van der Waals surface area contributed by atoms with Gasteiger partial charge in [0, 0.05) is 12.6 Å². The molecule has 0 spiro atoms. The Kier molecular flexibility index (Phi) is 5.36. The maximum atomic E-state index is 12.9. The van der Waals surface area contributed by atoms with Crippen molar-refractivity contribution >= 4 is 17.0 Å². The van der Waals surface area contributed by atoms with Gasteiger partial charge in [-0.05, 0) is 57.3 Å². The second kappa shape index (κ2) is 7.81. The van der Waals surface area contributed by atoms with Gasteiger partial charge in [0.15, 0.2) is 11.5 Å². The van der Waals surface area contributed by atoms with Gasteiger partial charge in [-0.1, -0.05) is 6.42 Å². The zero-order valence-corrected chi connectivity index (χ0v) is 16.4. The maximum Gasteiger partial charge on any atom is 0.391 e. The molecule has 6 nitrogen and oxygen atoms in total. The van der Waals surface area contributed by atoms with E-state index >= 15 is 0 Å². The molecule has 4 rings (SSSR count). The third-order valence-corrected chi connectivity index (χ3v) is 6.56. The molecule has 0 bridgehead atoms. The fourth-order valence-electron chi connectivity index (χ4n) is 4.49. The number of hydrogen-bond donors (Lipinski definition) is 1. The molecule has 2 aromatic heterocycles. The Morgan fingerprint density at radius 3 is 2.52 bits per heavy atom. The van der Waals surface area contributed by atoms with Gasteiger partial charge in [0.05, 0.1) is 12.2 Å². The zero-order chi connectivity index (χ0) is 20.6. The van der Waals surface area contributed by atoms with Crippen LogP contribution in [-0.2, 0) is 6.54 Å². The number of fused-ring (bicyclic) bond motifs is 1. The Morgan fingerprint density at radius 2 is 1.93 bits per heavy atom. The first kappa shape index (κ1) is 19.9.